The second kappa shape index (κ2) is 7.97. The second-order valence-corrected chi connectivity index (χ2v) is 7.29. The monoisotopic (exact) mass is 369 g/mol. The summed E-state index contributed by atoms with van der Waals surface area (Å²) in [6, 6.07) is 18.8. The lowest BCUT2D eigenvalue weighted by Gasteiger charge is -2.09. The summed E-state index contributed by atoms with van der Waals surface area (Å²) in [6.45, 7) is 2.61. The van der Waals surface area contributed by atoms with Gasteiger partial charge in [-0.15, -0.1) is 10.2 Å². The van der Waals surface area contributed by atoms with Gasteiger partial charge in [-0.1, -0.05) is 37.3 Å². The molecule has 0 bridgehead atoms. The van der Waals surface area contributed by atoms with Crippen LogP contribution >= 0.6 is 0 Å². The van der Waals surface area contributed by atoms with Gasteiger partial charge in [0.15, 0.2) is 0 Å². The van der Waals surface area contributed by atoms with Gasteiger partial charge in [0.2, 0.25) is 5.88 Å². The lowest BCUT2D eigenvalue weighted by Crippen LogP contribution is -2.12. The van der Waals surface area contributed by atoms with Crippen LogP contribution in [0.1, 0.15) is 13.3 Å². The number of aromatic nitrogens is 2. The first-order valence-electron chi connectivity index (χ1n) is 8.23. The van der Waals surface area contributed by atoms with Crippen LogP contribution in [-0.2, 0) is 10.0 Å². The number of nitrogens with one attached hydrogen (secondary N) is 1. The minimum absolute atomic E-state index is 0.211. The molecule has 0 fully saturated rings. The van der Waals surface area contributed by atoms with E-state index in [1.807, 2.05) is 13.0 Å². The van der Waals surface area contributed by atoms with E-state index in [1.165, 1.54) is 0 Å². The van der Waals surface area contributed by atoms with Crippen LogP contribution in [0, 0.1) is 0 Å². The second-order valence-electron chi connectivity index (χ2n) is 5.60. The molecule has 0 saturated carbocycles. The Morgan fingerprint density at radius 3 is 2.46 bits per heavy atom. The molecule has 7 heteroatoms. The van der Waals surface area contributed by atoms with E-state index in [-0.39, 0.29) is 4.90 Å². The molecule has 0 aliphatic rings. The van der Waals surface area contributed by atoms with Crippen molar-refractivity contribution in [3.63, 3.8) is 0 Å². The summed E-state index contributed by atoms with van der Waals surface area (Å²) >= 11 is 0. The molecule has 134 valence electrons. The predicted octanol–water partition coefficient (Wildman–Crippen LogP) is 3.73. The Morgan fingerprint density at radius 1 is 0.962 bits per heavy atom. The van der Waals surface area contributed by atoms with Crippen molar-refractivity contribution in [3.05, 3.63) is 66.7 Å². The molecule has 3 aromatic rings. The molecular formula is C19H19N3O3S. The van der Waals surface area contributed by atoms with Gasteiger partial charge in [0.05, 0.1) is 17.2 Å². The Labute approximate surface area is 152 Å². The SMILES string of the molecule is CCCOc1ccc(-c2cccc(NS(=O)(=O)c3ccccc3)c2)nn1. The molecule has 2 aromatic carbocycles. The highest BCUT2D eigenvalue weighted by molar-refractivity contribution is 7.92. The van der Waals surface area contributed by atoms with Crippen LogP contribution < -0.4 is 9.46 Å². The van der Waals surface area contributed by atoms with Crippen LogP contribution in [0.5, 0.6) is 5.88 Å². The summed E-state index contributed by atoms with van der Waals surface area (Å²) < 4.78 is 32.9. The number of hydrogen-bond acceptors (Lipinski definition) is 5. The van der Waals surface area contributed by atoms with Gasteiger partial charge in [-0.3, -0.25) is 4.72 Å². The highest BCUT2D eigenvalue weighted by Crippen LogP contribution is 2.23. The molecule has 0 aliphatic carbocycles. The lowest BCUT2D eigenvalue weighted by atomic mass is 10.1. The molecule has 3 rings (SSSR count). The van der Waals surface area contributed by atoms with Crippen molar-refractivity contribution >= 4 is 15.7 Å². The van der Waals surface area contributed by atoms with Crippen LogP contribution in [0.3, 0.4) is 0 Å². The Balaban J connectivity index is 1.80. The molecule has 0 radical (unpaired) electrons. The molecule has 0 spiro atoms. The summed E-state index contributed by atoms with van der Waals surface area (Å²) in [4.78, 5) is 0.211. The van der Waals surface area contributed by atoms with E-state index in [1.54, 1.807) is 60.7 Å². The van der Waals surface area contributed by atoms with Gasteiger partial charge >= 0.3 is 0 Å². The zero-order valence-corrected chi connectivity index (χ0v) is 15.1. The van der Waals surface area contributed by atoms with Crippen LogP contribution in [-0.4, -0.2) is 25.2 Å². The Morgan fingerprint density at radius 2 is 1.77 bits per heavy atom. The smallest absolute Gasteiger partial charge is 0.261 e. The van der Waals surface area contributed by atoms with Crippen LogP contribution in [0.15, 0.2) is 71.6 Å². The normalized spacial score (nSPS) is 11.1. The van der Waals surface area contributed by atoms with Crippen molar-refractivity contribution in [2.75, 3.05) is 11.3 Å². The maximum Gasteiger partial charge on any atom is 0.261 e. The van der Waals surface area contributed by atoms with E-state index in [0.717, 1.165) is 12.0 Å². The minimum atomic E-state index is -3.64. The molecule has 0 unspecified atom stereocenters. The minimum Gasteiger partial charge on any atom is -0.477 e. The average Bonchev–Trinajstić information content (AvgIpc) is 2.67. The van der Waals surface area contributed by atoms with Gasteiger partial charge in [0.25, 0.3) is 10.0 Å². The Hall–Kier alpha value is -2.93. The van der Waals surface area contributed by atoms with Crippen LogP contribution in [0.2, 0.25) is 0 Å². The fourth-order valence-corrected chi connectivity index (χ4v) is 3.38. The molecule has 1 N–H and O–H groups in total. The first-order chi connectivity index (χ1) is 12.6. The van der Waals surface area contributed by atoms with E-state index >= 15 is 0 Å². The van der Waals surface area contributed by atoms with Gasteiger partial charge < -0.3 is 4.74 Å². The molecule has 1 aromatic heterocycles. The van der Waals surface area contributed by atoms with Crippen molar-refractivity contribution in [3.8, 4) is 17.1 Å². The number of sulfonamides is 1. The topological polar surface area (TPSA) is 81.2 Å². The fourth-order valence-electron chi connectivity index (χ4n) is 2.31. The Kier molecular flexibility index (Phi) is 5.48. The predicted molar refractivity (Wildman–Crippen MR) is 101 cm³/mol. The standard InChI is InChI=1S/C19H19N3O3S/c1-2-13-25-19-12-11-18(20-21-19)15-7-6-8-16(14-15)22-26(23,24)17-9-4-3-5-10-17/h3-12,14,22H,2,13H2,1H3. The maximum absolute atomic E-state index is 12.4. The van der Waals surface area contributed by atoms with Crippen molar-refractivity contribution < 1.29 is 13.2 Å². The number of ether oxygens (including phenoxy) is 1. The third-order valence-electron chi connectivity index (χ3n) is 3.56. The van der Waals surface area contributed by atoms with Crippen molar-refractivity contribution in [1.82, 2.24) is 10.2 Å². The number of nitrogens with zero attached hydrogens (tertiary/aromatic N) is 2. The number of hydrogen-bond donors (Lipinski definition) is 1. The maximum atomic E-state index is 12.4. The van der Waals surface area contributed by atoms with Crippen molar-refractivity contribution in [1.29, 1.82) is 0 Å². The number of benzene rings is 2. The Bertz CT molecular complexity index is 959. The molecule has 1 heterocycles. The fraction of sp³-hybridized carbons (Fsp3) is 0.158. The zero-order chi connectivity index (χ0) is 18.4. The van der Waals surface area contributed by atoms with Crippen molar-refractivity contribution in [2.24, 2.45) is 0 Å². The molecule has 0 atom stereocenters. The van der Waals surface area contributed by atoms with Gasteiger partial charge in [0, 0.05) is 17.3 Å². The van der Waals surface area contributed by atoms with Gasteiger partial charge in [0.1, 0.15) is 0 Å². The summed E-state index contributed by atoms with van der Waals surface area (Å²) in [6.07, 6.45) is 0.896. The van der Waals surface area contributed by atoms with E-state index < -0.39 is 10.0 Å². The van der Waals surface area contributed by atoms with Crippen molar-refractivity contribution in [2.45, 2.75) is 18.2 Å². The number of anilines is 1. The quantitative estimate of drug-likeness (QED) is 0.686. The molecule has 0 aliphatic heterocycles. The van der Waals surface area contributed by atoms with Gasteiger partial charge in [-0.2, -0.15) is 0 Å². The van der Waals surface area contributed by atoms with Crippen LogP contribution in [0.25, 0.3) is 11.3 Å². The van der Waals surface area contributed by atoms with E-state index in [2.05, 4.69) is 14.9 Å². The third-order valence-corrected chi connectivity index (χ3v) is 4.96. The molecule has 0 saturated heterocycles. The highest BCUT2D eigenvalue weighted by Gasteiger charge is 2.14. The van der Waals surface area contributed by atoms with Gasteiger partial charge in [-0.25, -0.2) is 8.42 Å². The molecular weight excluding hydrogens is 350 g/mol. The largest absolute Gasteiger partial charge is 0.477 e. The summed E-state index contributed by atoms with van der Waals surface area (Å²) in [5.74, 6) is 0.469. The highest BCUT2D eigenvalue weighted by atomic mass is 32.2. The number of rotatable bonds is 7. The summed E-state index contributed by atoms with van der Waals surface area (Å²) in [7, 11) is -3.64. The first kappa shape index (κ1) is 17.9. The average molecular weight is 369 g/mol. The van der Waals surface area contributed by atoms with E-state index in [4.69, 9.17) is 4.74 Å². The molecule has 6 nitrogen and oxygen atoms in total. The lowest BCUT2D eigenvalue weighted by molar-refractivity contribution is 0.302. The third kappa shape index (κ3) is 4.37. The summed E-state index contributed by atoms with van der Waals surface area (Å²) in [5, 5.41) is 8.18. The molecule has 0 amide bonds. The first-order valence-corrected chi connectivity index (χ1v) is 9.71. The zero-order valence-electron chi connectivity index (χ0n) is 14.3. The van der Waals surface area contributed by atoms with E-state index in [0.29, 0.717) is 23.9 Å². The van der Waals surface area contributed by atoms with Gasteiger partial charge in [-0.05, 0) is 36.8 Å². The molecule has 26 heavy (non-hydrogen) atoms. The summed E-state index contributed by atoms with van der Waals surface area (Å²) in [5.41, 5.74) is 1.85. The van der Waals surface area contributed by atoms with Crippen LogP contribution in [0.4, 0.5) is 5.69 Å². The van der Waals surface area contributed by atoms with E-state index in [9.17, 15) is 8.42 Å².